The lowest BCUT2D eigenvalue weighted by Crippen LogP contribution is -2.25. The lowest BCUT2D eigenvalue weighted by atomic mass is 10.1. The predicted molar refractivity (Wildman–Crippen MR) is 115 cm³/mol. The van der Waals surface area contributed by atoms with Gasteiger partial charge in [-0.25, -0.2) is 9.97 Å². The van der Waals surface area contributed by atoms with Gasteiger partial charge in [-0.15, -0.1) is 0 Å². The number of carbonyl (C=O) groups is 1. The van der Waals surface area contributed by atoms with Gasteiger partial charge in [-0.3, -0.25) is 4.79 Å². The van der Waals surface area contributed by atoms with Gasteiger partial charge in [-0.1, -0.05) is 42.4 Å². The van der Waals surface area contributed by atoms with Gasteiger partial charge < -0.3 is 15.0 Å². The molecule has 0 bridgehead atoms. The average Bonchev–Trinajstić information content (AvgIpc) is 2.69. The number of halogens is 1. The molecule has 0 radical (unpaired) electrons. The van der Waals surface area contributed by atoms with Crippen LogP contribution in [0.1, 0.15) is 35.7 Å². The van der Waals surface area contributed by atoms with Crippen LogP contribution in [0.15, 0.2) is 35.5 Å². The van der Waals surface area contributed by atoms with E-state index in [4.69, 9.17) is 16.3 Å². The number of hydrogen-bond donors (Lipinski definition) is 1. The molecule has 0 aliphatic carbocycles. The van der Waals surface area contributed by atoms with E-state index in [2.05, 4.69) is 27.1 Å². The summed E-state index contributed by atoms with van der Waals surface area (Å²) in [4.78, 5) is 23.0. The van der Waals surface area contributed by atoms with Crippen LogP contribution in [0.5, 0.6) is 0 Å². The molecule has 0 fully saturated rings. The molecule has 0 aliphatic rings. The lowest BCUT2D eigenvalue weighted by Gasteiger charge is -2.17. The molecular weight excluding hydrogens is 396 g/mol. The minimum absolute atomic E-state index is 0.0721. The third-order valence-electron chi connectivity index (χ3n) is 4.01. The highest BCUT2D eigenvalue weighted by Crippen LogP contribution is 2.24. The predicted octanol–water partition coefficient (Wildman–Crippen LogP) is 4.03. The summed E-state index contributed by atoms with van der Waals surface area (Å²) < 4.78 is 4.97. The zero-order valence-electron chi connectivity index (χ0n) is 16.6. The number of rotatable bonds is 11. The van der Waals surface area contributed by atoms with Gasteiger partial charge in [0.25, 0.3) is 5.91 Å². The number of nitrogens with one attached hydrogen (secondary N) is 1. The standard InChI is InChI=1S/C20H27ClN4O2S/c1-4-11-25(2)18-13-17(21)23-20(24-18)28-14-15-6-8-16(9-7-15)19(26)22-10-5-12-27-3/h6-9,13H,4-5,10-12,14H2,1-3H3,(H,22,26). The number of benzene rings is 1. The number of carbonyl (C=O) groups excluding carboxylic acids is 1. The maximum absolute atomic E-state index is 12.1. The van der Waals surface area contributed by atoms with Gasteiger partial charge in [0.1, 0.15) is 11.0 Å². The molecule has 1 N–H and O–H groups in total. The average molecular weight is 423 g/mol. The van der Waals surface area contributed by atoms with Crippen LogP contribution >= 0.6 is 23.4 Å². The number of aromatic nitrogens is 2. The van der Waals surface area contributed by atoms with Gasteiger partial charge in [0.05, 0.1) is 0 Å². The van der Waals surface area contributed by atoms with Gasteiger partial charge in [-0.05, 0) is 30.5 Å². The van der Waals surface area contributed by atoms with Crippen LogP contribution in [0.25, 0.3) is 0 Å². The number of hydrogen-bond acceptors (Lipinski definition) is 6. The van der Waals surface area contributed by atoms with Crippen molar-refractivity contribution >= 4 is 35.1 Å². The van der Waals surface area contributed by atoms with Crippen molar-refractivity contribution in [2.75, 3.05) is 38.8 Å². The molecule has 0 saturated heterocycles. The first-order valence-corrected chi connectivity index (χ1v) is 10.6. The molecule has 0 saturated carbocycles. The zero-order valence-corrected chi connectivity index (χ0v) is 18.1. The molecule has 2 aromatic rings. The van der Waals surface area contributed by atoms with E-state index in [1.807, 2.05) is 31.3 Å². The fraction of sp³-hybridized carbons (Fsp3) is 0.450. The van der Waals surface area contributed by atoms with Crippen LogP contribution in [0.3, 0.4) is 0 Å². The van der Waals surface area contributed by atoms with Crippen molar-refractivity contribution in [1.29, 1.82) is 0 Å². The number of ether oxygens (including phenoxy) is 1. The SMILES string of the molecule is CCCN(C)c1cc(Cl)nc(SCc2ccc(C(=O)NCCCOC)cc2)n1. The first-order valence-electron chi connectivity index (χ1n) is 9.28. The molecule has 0 unspecified atom stereocenters. The van der Waals surface area contributed by atoms with E-state index in [9.17, 15) is 4.79 Å². The van der Waals surface area contributed by atoms with E-state index in [0.29, 0.717) is 34.8 Å². The Kier molecular flexibility index (Phi) is 9.54. The normalized spacial score (nSPS) is 10.7. The van der Waals surface area contributed by atoms with Crippen LogP contribution < -0.4 is 10.2 Å². The Morgan fingerprint density at radius 3 is 2.71 bits per heavy atom. The molecule has 0 spiro atoms. The maximum atomic E-state index is 12.1. The van der Waals surface area contributed by atoms with Crippen LogP contribution in [0.4, 0.5) is 5.82 Å². The van der Waals surface area contributed by atoms with Gasteiger partial charge in [-0.2, -0.15) is 0 Å². The monoisotopic (exact) mass is 422 g/mol. The Labute approximate surface area is 176 Å². The molecule has 1 heterocycles. The highest BCUT2D eigenvalue weighted by molar-refractivity contribution is 7.98. The quantitative estimate of drug-likeness (QED) is 0.255. The van der Waals surface area contributed by atoms with Crippen molar-refractivity contribution in [2.45, 2.75) is 30.7 Å². The summed E-state index contributed by atoms with van der Waals surface area (Å²) in [7, 11) is 3.65. The van der Waals surface area contributed by atoms with E-state index in [-0.39, 0.29) is 5.91 Å². The van der Waals surface area contributed by atoms with Gasteiger partial charge in [0.15, 0.2) is 5.16 Å². The smallest absolute Gasteiger partial charge is 0.251 e. The molecule has 28 heavy (non-hydrogen) atoms. The minimum atomic E-state index is -0.0721. The van der Waals surface area contributed by atoms with Crippen molar-refractivity contribution < 1.29 is 9.53 Å². The van der Waals surface area contributed by atoms with Crippen molar-refractivity contribution in [3.05, 3.63) is 46.6 Å². The third-order valence-corrected chi connectivity index (χ3v) is 5.12. The van der Waals surface area contributed by atoms with Gasteiger partial charge in [0, 0.05) is 51.2 Å². The highest BCUT2D eigenvalue weighted by Gasteiger charge is 2.09. The van der Waals surface area contributed by atoms with Crippen LogP contribution in [-0.4, -0.2) is 49.7 Å². The topological polar surface area (TPSA) is 67.4 Å². The number of anilines is 1. The summed E-state index contributed by atoms with van der Waals surface area (Å²) in [5, 5.41) is 3.97. The summed E-state index contributed by atoms with van der Waals surface area (Å²) in [5.41, 5.74) is 1.74. The van der Waals surface area contributed by atoms with E-state index < -0.39 is 0 Å². The fourth-order valence-electron chi connectivity index (χ4n) is 2.52. The molecule has 8 heteroatoms. The second-order valence-electron chi connectivity index (χ2n) is 6.34. The summed E-state index contributed by atoms with van der Waals surface area (Å²) in [5.74, 6) is 1.45. The van der Waals surface area contributed by atoms with Crippen LogP contribution in [0, 0.1) is 0 Å². The Morgan fingerprint density at radius 1 is 1.29 bits per heavy atom. The molecule has 0 aliphatic heterocycles. The molecule has 0 atom stereocenters. The second kappa shape index (κ2) is 11.9. The van der Waals surface area contributed by atoms with E-state index >= 15 is 0 Å². The van der Waals surface area contributed by atoms with Crippen molar-refractivity contribution in [1.82, 2.24) is 15.3 Å². The van der Waals surface area contributed by atoms with E-state index in [0.717, 1.165) is 30.8 Å². The molecular formula is C20H27ClN4O2S. The second-order valence-corrected chi connectivity index (χ2v) is 7.67. The molecule has 1 amide bonds. The summed E-state index contributed by atoms with van der Waals surface area (Å²) in [6, 6.07) is 9.35. The Morgan fingerprint density at radius 2 is 2.04 bits per heavy atom. The van der Waals surface area contributed by atoms with E-state index in [1.165, 1.54) is 11.8 Å². The van der Waals surface area contributed by atoms with Gasteiger partial charge in [0.2, 0.25) is 0 Å². The highest BCUT2D eigenvalue weighted by atomic mass is 35.5. The Hall–Kier alpha value is -1.83. The molecule has 1 aromatic heterocycles. The number of thioether (sulfide) groups is 1. The van der Waals surface area contributed by atoms with E-state index in [1.54, 1.807) is 13.2 Å². The number of nitrogens with zero attached hydrogens (tertiary/aromatic N) is 3. The maximum Gasteiger partial charge on any atom is 0.251 e. The summed E-state index contributed by atoms with van der Waals surface area (Å²) in [6.07, 6.45) is 1.83. The lowest BCUT2D eigenvalue weighted by molar-refractivity contribution is 0.0948. The molecule has 152 valence electrons. The van der Waals surface area contributed by atoms with Crippen molar-refractivity contribution in [3.8, 4) is 0 Å². The fourth-order valence-corrected chi connectivity index (χ4v) is 3.55. The minimum Gasteiger partial charge on any atom is -0.385 e. The molecule has 1 aromatic carbocycles. The van der Waals surface area contributed by atoms with Crippen LogP contribution in [0.2, 0.25) is 5.15 Å². The summed E-state index contributed by atoms with van der Waals surface area (Å²) >= 11 is 7.67. The Balaban J connectivity index is 1.91. The zero-order chi connectivity index (χ0) is 20.4. The van der Waals surface area contributed by atoms with Gasteiger partial charge >= 0.3 is 0 Å². The molecule has 2 rings (SSSR count). The summed E-state index contributed by atoms with van der Waals surface area (Å²) in [6.45, 7) is 4.27. The Bertz CT molecular complexity index is 758. The first-order chi connectivity index (χ1) is 13.5. The number of amides is 1. The molecule has 6 nitrogen and oxygen atoms in total. The number of methoxy groups -OCH3 is 1. The third kappa shape index (κ3) is 7.30. The van der Waals surface area contributed by atoms with Crippen molar-refractivity contribution in [3.63, 3.8) is 0 Å². The van der Waals surface area contributed by atoms with Crippen LogP contribution in [-0.2, 0) is 10.5 Å². The first kappa shape index (κ1) is 22.5. The van der Waals surface area contributed by atoms with Crippen molar-refractivity contribution in [2.24, 2.45) is 0 Å². The largest absolute Gasteiger partial charge is 0.385 e.